The van der Waals surface area contributed by atoms with Crippen molar-refractivity contribution >= 4 is 5.91 Å². The van der Waals surface area contributed by atoms with E-state index in [0.29, 0.717) is 12.3 Å². The quantitative estimate of drug-likeness (QED) is 0.862. The van der Waals surface area contributed by atoms with Crippen LogP contribution in [0, 0.1) is 23.2 Å². The molecule has 0 aliphatic heterocycles. The molecule has 27 heavy (non-hydrogen) atoms. The highest BCUT2D eigenvalue weighted by atomic mass is 16.5. The third-order valence-corrected chi connectivity index (χ3v) is 6.86. The Labute approximate surface area is 159 Å². The summed E-state index contributed by atoms with van der Waals surface area (Å²) in [6, 6.07) is 9.59. The molecule has 4 bridgehead atoms. The molecular weight excluding hydrogens is 340 g/mol. The third kappa shape index (κ3) is 3.03. The zero-order valence-electron chi connectivity index (χ0n) is 15.7. The van der Waals surface area contributed by atoms with Crippen molar-refractivity contribution in [3.05, 3.63) is 36.0 Å². The second kappa shape index (κ2) is 6.39. The average molecular weight is 366 g/mol. The molecular formula is C22H26N2O3. The van der Waals surface area contributed by atoms with E-state index < -0.39 is 0 Å². The minimum absolute atomic E-state index is 0.117. The summed E-state index contributed by atoms with van der Waals surface area (Å²) in [5, 5.41) is 7.29. The number of methoxy groups -OCH3 is 1. The highest BCUT2D eigenvalue weighted by Gasteiger charge is 2.54. The van der Waals surface area contributed by atoms with Gasteiger partial charge in [0, 0.05) is 17.0 Å². The molecule has 1 amide bonds. The molecule has 4 fully saturated rings. The van der Waals surface area contributed by atoms with Crippen LogP contribution < -0.4 is 10.1 Å². The molecule has 0 saturated heterocycles. The lowest BCUT2D eigenvalue weighted by atomic mass is 9.49. The van der Waals surface area contributed by atoms with Gasteiger partial charge in [0.25, 0.3) is 0 Å². The Morgan fingerprint density at radius 3 is 2.56 bits per heavy atom. The van der Waals surface area contributed by atoms with E-state index in [1.54, 1.807) is 7.11 Å². The van der Waals surface area contributed by atoms with Crippen LogP contribution in [0.5, 0.6) is 5.75 Å². The number of rotatable bonds is 5. The van der Waals surface area contributed by atoms with Crippen LogP contribution in [0.1, 0.15) is 44.2 Å². The Hall–Kier alpha value is -2.30. The summed E-state index contributed by atoms with van der Waals surface area (Å²) in [6.45, 7) is 0.425. The number of ether oxygens (including phenoxy) is 1. The van der Waals surface area contributed by atoms with Crippen LogP contribution in [-0.4, -0.2) is 18.2 Å². The van der Waals surface area contributed by atoms with Crippen LogP contribution in [0.4, 0.5) is 0 Å². The summed E-state index contributed by atoms with van der Waals surface area (Å²) in [5.74, 6) is 4.01. The monoisotopic (exact) mass is 366 g/mol. The molecule has 142 valence electrons. The molecule has 6 rings (SSSR count). The molecule has 2 aromatic rings. The summed E-state index contributed by atoms with van der Waals surface area (Å²) in [4.78, 5) is 13.0. The van der Waals surface area contributed by atoms with E-state index in [1.807, 2.05) is 30.3 Å². The van der Waals surface area contributed by atoms with E-state index in [1.165, 1.54) is 19.3 Å². The van der Waals surface area contributed by atoms with E-state index in [-0.39, 0.29) is 11.3 Å². The first-order valence-electron chi connectivity index (χ1n) is 10.0. The van der Waals surface area contributed by atoms with Crippen molar-refractivity contribution in [2.45, 2.75) is 45.1 Å². The van der Waals surface area contributed by atoms with Gasteiger partial charge >= 0.3 is 0 Å². The van der Waals surface area contributed by atoms with E-state index in [2.05, 4.69) is 10.5 Å². The Balaban J connectivity index is 1.26. The maximum atomic E-state index is 13.0. The number of benzene rings is 1. The zero-order chi connectivity index (χ0) is 18.4. The molecule has 0 atom stereocenters. The number of amides is 1. The van der Waals surface area contributed by atoms with Crippen molar-refractivity contribution in [3.8, 4) is 17.1 Å². The Morgan fingerprint density at radius 1 is 1.19 bits per heavy atom. The minimum atomic E-state index is -0.117. The molecule has 5 nitrogen and oxygen atoms in total. The average Bonchev–Trinajstić information content (AvgIpc) is 3.14. The fourth-order valence-corrected chi connectivity index (χ4v) is 6.05. The van der Waals surface area contributed by atoms with Crippen molar-refractivity contribution in [2.75, 3.05) is 7.11 Å². The number of hydrogen-bond donors (Lipinski definition) is 1. The van der Waals surface area contributed by atoms with Crippen molar-refractivity contribution in [2.24, 2.45) is 23.2 Å². The lowest BCUT2D eigenvalue weighted by Gasteiger charge is -2.55. The molecule has 4 saturated carbocycles. The van der Waals surface area contributed by atoms with Crippen LogP contribution in [0.3, 0.4) is 0 Å². The number of nitrogens with zero attached hydrogens (tertiary/aromatic N) is 1. The fraction of sp³-hybridized carbons (Fsp3) is 0.545. The molecule has 1 N–H and O–H groups in total. The molecule has 4 aliphatic rings. The van der Waals surface area contributed by atoms with E-state index in [9.17, 15) is 4.79 Å². The summed E-state index contributed by atoms with van der Waals surface area (Å²) in [5.41, 5.74) is 1.56. The molecule has 5 heteroatoms. The predicted molar refractivity (Wildman–Crippen MR) is 101 cm³/mol. The first kappa shape index (κ1) is 16.8. The van der Waals surface area contributed by atoms with Gasteiger partial charge in [-0.05, 0) is 68.4 Å². The summed E-state index contributed by atoms with van der Waals surface area (Å²) in [6.07, 6.45) is 7.29. The van der Waals surface area contributed by atoms with Crippen molar-refractivity contribution < 1.29 is 14.1 Å². The smallest absolute Gasteiger partial charge is 0.226 e. The third-order valence-electron chi connectivity index (χ3n) is 6.86. The predicted octanol–water partition coefficient (Wildman–Crippen LogP) is 4.18. The number of hydrogen-bond acceptors (Lipinski definition) is 4. The van der Waals surface area contributed by atoms with Gasteiger partial charge in [-0.15, -0.1) is 0 Å². The molecule has 4 aliphatic carbocycles. The topological polar surface area (TPSA) is 64.4 Å². The highest BCUT2D eigenvalue weighted by molar-refractivity contribution is 5.83. The summed E-state index contributed by atoms with van der Waals surface area (Å²) < 4.78 is 10.7. The summed E-state index contributed by atoms with van der Waals surface area (Å²) in [7, 11) is 1.64. The molecule has 1 heterocycles. The molecule has 0 radical (unpaired) electrons. The SMILES string of the molecule is COc1cccc(-c2cc(CNC(=O)C34CC5CC(CC(C5)C3)C4)no2)c1. The van der Waals surface area contributed by atoms with Crippen molar-refractivity contribution in [1.82, 2.24) is 10.5 Å². The van der Waals surface area contributed by atoms with Crippen LogP contribution in [0.25, 0.3) is 11.3 Å². The van der Waals surface area contributed by atoms with Gasteiger partial charge in [-0.2, -0.15) is 0 Å². The normalized spacial score (nSPS) is 31.1. The summed E-state index contributed by atoms with van der Waals surface area (Å²) >= 11 is 0. The first-order chi connectivity index (χ1) is 13.1. The van der Waals surface area contributed by atoms with E-state index in [4.69, 9.17) is 9.26 Å². The van der Waals surface area contributed by atoms with Gasteiger partial charge in [-0.25, -0.2) is 0 Å². The van der Waals surface area contributed by atoms with Gasteiger partial charge in [0.2, 0.25) is 5.91 Å². The van der Waals surface area contributed by atoms with Crippen molar-refractivity contribution in [3.63, 3.8) is 0 Å². The second-order valence-corrected chi connectivity index (χ2v) is 8.80. The minimum Gasteiger partial charge on any atom is -0.497 e. The Bertz CT molecular complexity index is 821. The number of carbonyl (C=O) groups is 1. The lowest BCUT2D eigenvalue weighted by molar-refractivity contribution is -0.146. The number of carbonyl (C=O) groups excluding carboxylic acids is 1. The highest BCUT2D eigenvalue weighted by Crippen LogP contribution is 2.60. The van der Waals surface area contributed by atoms with Gasteiger partial charge in [-0.1, -0.05) is 17.3 Å². The molecule has 1 aromatic carbocycles. The van der Waals surface area contributed by atoms with E-state index in [0.717, 1.165) is 54.0 Å². The molecule has 0 spiro atoms. The fourth-order valence-electron chi connectivity index (χ4n) is 6.05. The van der Waals surface area contributed by atoms with Gasteiger partial charge in [0.15, 0.2) is 5.76 Å². The van der Waals surface area contributed by atoms with E-state index >= 15 is 0 Å². The van der Waals surface area contributed by atoms with Crippen LogP contribution in [-0.2, 0) is 11.3 Å². The van der Waals surface area contributed by atoms with Crippen LogP contribution in [0.2, 0.25) is 0 Å². The van der Waals surface area contributed by atoms with Crippen LogP contribution in [0.15, 0.2) is 34.9 Å². The second-order valence-electron chi connectivity index (χ2n) is 8.80. The maximum Gasteiger partial charge on any atom is 0.226 e. The van der Waals surface area contributed by atoms with Crippen molar-refractivity contribution in [1.29, 1.82) is 0 Å². The molecule has 1 aromatic heterocycles. The van der Waals surface area contributed by atoms with Gasteiger partial charge < -0.3 is 14.6 Å². The Morgan fingerprint density at radius 2 is 1.89 bits per heavy atom. The van der Waals surface area contributed by atoms with Crippen LogP contribution >= 0.6 is 0 Å². The first-order valence-corrected chi connectivity index (χ1v) is 10.0. The molecule has 0 unspecified atom stereocenters. The standard InChI is InChI=1S/C22H26N2O3/c1-26-19-4-2-3-17(8-19)20-9-18(24-27-20)13-23-21(25)22-10-14-5-15(11-22)7-16(6-14)12-22/h2-4,8-9,14-16H,5-7,10-13H2,1H3,(H,23,25). The zero-order valence-corrected chi connectivity index (χ0v) is 15.7. The number of nitrogens with one attached hydrogen (secondary N) is 1. The Kier molecular flexibility index (Phi) is 3.99. The number of aromatic nitrogens is 1. The largest absolute Gasteiger partial charge is 0.497 e. The maximum absolute atomic E-state index is 13.0. The van der Waals surface area contributed by atoms with Gasteiger partial charge in [-0.3, -0.25) is 4.79 Å². The van der Waals surface area contributed by atoms with Gasteiger partial charge in [0.05, 0.1) is 13.7 Å². The lowest BCUT2D eigenvalue weighted by Crippen LogP contribution is -2.53. The van der Waals surface area contributed by atoms with Gasteiger partial charge in [0.1, 0.15) is 11.4 Å².